The van der Waals surface area contributed by atoms with Crippen LogP contribution < -0.4 is 15.4 Å². The fraction of sp³-hybridized carbons (Fsp3) is 0.222. The van der Waals surface area contributed by atoms with Gasteiger partial charge in [0.05, 0.1) is 31.5 Å². The Morgan fingerprint density at radius 3 is 2.27 bits per heavy atom. The number of nitrogens with zero attached hydrogens (tertiary/aromatic N) is 1. The number of para-hydroxylation sites is 1. The molecule has 0 saturated carbocycles. The monoisotopic (exact) mass is 519 g/mol. The molecule has 0 spiro atoms. The number of rotatable bonds is 9. The molecule has 1 amide bonds. The van der Waals surface area contributed by atoms with E-state index in [-0.39, 0.29) is 29.3 Å². The number of carbonyl (C=O) groups excluding carboxylic acids is 1. The number of hydrogen-bond acceptors (Lipinski definition) is 4. The van der Waals surface area contributed by atoms with Crippen LogP contribution in [0, 0.1) is 11.6 Å². The van der Waals surface area contributed by atoms with E-state index in [0.29, 0.717) is 5.69 Å². The van der Waals surface area contributed by atoms with Gasteiger partial charge < -0.3 is 20.3 Å². The summed E-state index contributed by atoms with van der Waals surface area (Å²) in [5, 5.41) is 5.76. The molecule has 0 unspecified atom stereocenters. The van der Waals surface area contributed by atoms with Gasteiger partial charge in [-0.15, -0.1) is 0 Å². The standard InChI is InChI=1S/C27H26F5N3O2/c1-17(33-2)24(19-11-7-14-23(37-3)25(19)29)26(36)35(16-34-18-9-5-4-6-10-18)15-20-21(27(30,31)32)12-8-13-22(20)28/h4-14,33-34H,15-16H2,1-3H3/b24-17-. The summed E-state index contributed by atoms with van der Waals surface area (Å²) in [6, 6.07) is 15.5. The highest BCUT2D eigenvalue weighted by Crippen LogP contribution is 2.35. The average Bonchev–Trinajstić information content (AvgIpc) is 2.88. The van der Waals surface area contributed by atoms with E-state index in [1.807, 2.05) is 0 Å². The summed E-state index contributed by atoms with van der Waals surface area (Å²) < 4.78 is 76.1. The molecule has 196 valence electrons. The maximum Gasteiger partial charge on any atom is 0.416 e. The van der Waals surface area contributed by atoms with E-state index in [4.69, 9.17) is 4.74 Å². The Bertz CT molecular complexity index is 1280. The van der Waals surface area contributed by atoms with Crippen LogP contribution in [0.5, 0.6) is 5.75 Å². The molecule has 3 rings (SSSR count). The van der Waals surface area contributed by atoms with Gasteiger partial charge in [0, 0.05) is 29.6 Å². The lowest BCUT2D eigenvalue weighted by Crippen LogP contribution is -2.37. The molecule has 3 aromatic carbocycles. The number of ether oxygens (including phenoxy) is 1. The van der Waals surface area contributed by atoms with Crippen molar-refractivity contribution in [1.29, 1.82) is 0 Å². The second-order valence-corrected chi connectivity index (χ2v) is 8.04. The first-order valence-corrected chi connectivity index (χ1v) is 11.2. The number of methoxy groups -OCH3 is 1. The molecule has 0 atom stereocenters. The number of halogens is 5. The number of alkyl halides is 3. The van der Waals surface area contributed by atoms with Crippen molar-refractivity contribution >= 4 is 17.2 Å². The second-order valence-electron chi connectivity index (χ2n) is 8.04. The Kier molecular flexibility index (Phi) is 8.75. The maximum atomic E-state index is 15.2. The van der Waals surface area contributed by atoms with Crippen molar-refractivity contribution in [2.75, 3.05) is 26.1 Å². The van der Waals surface area contributed by atoms with Crippen molar-refractivity contribution in [3.8, 4) is 5.75 Å². The smallest absolute Gasteiger partial charge is 0.416 e. The summed E-state index contributed by atoms with van der Waals surface area (Å²) in [6.45, 7) is 0.506. The van der Waals surface area contributed by atoms with Gasteiger partial charge in [0.2, 0.25) is 0 Å². The molecule has 0 aliphatic heterocycles. The Morgan fingerprint density at radius 1 is 0.973 bits per heavy atom. The fourth-order valence-electron chi connectivity index (χ4n) is 3.74. The highest BCUT2D eigenvalue weighted by molar-refractivity contribution is 6.20. The minimum atomic E-state index is -4.85. The third-order valence-corrected chi connectivity index (χ3v) is 5.72. The normalized spacial score (nSPS) is 12.0. The van der Waals surface area contributed by atoms with Crippen molar-refractivity contribution in [2.24, 2.45) is 0 Å². The molecule has 37 heavy (non-hydrogen) atoms. The molecule has 0 aliphatic carbocycles. The van der Waals surface area contributed by atoms with Crippen molar-refractivity contribution in [1.82, 2.24) is 10.2 Å². The summed E-state index contributed by atoms with van der Waals surface area (Å²) >= 11 is 0. The quantitative estimate of drug-likeness (QED) is 0.206. The van der Waals surface area contributed by atoms with E-state index in [1.165, 1.54) is 39.3 Å². The molecule has 0 aromatic heterocycles. The first-order chi connectivity index (χ1) is 17.6. The predicted molar refractivity (Wildman–Crippen MR) is 131 cm³/mol. The third-order valence-electron chi connectivity index (χ3n) is 5.72. The molecule has 10 heteroatoms. The minimum absolute atomic E-state index is 0.117. The van der Waals surface area contributed by atoms with E-state index in [2.05, 4.69) is 10.6 Å². The van der Waals surface area contributed by atoms with E-state index >= 15 is 4.39 Å². The molecular formula is C27H26F5N3O2. The van der Waals surface area contributed by atoms with E-state index < -0.39 is 41.4 Å². The van der Waals surface area contributed by atoms with Crippen LogP contribution in [0.4, 0.5) is 27.6 Å². The number of hydrogen-bond donors (Lipinski definition) is 2. The van der Waals surface area contributed by atoms with Gasteiger partial charge >= 0.3 is 6.18 Å². The van der Waals surface area contributed by atoms with Gasteiger partial charge in [0.25, 0.3) is 5.91 Å². The second kappa shape index (κ2) is 11.8. The SMILES string of the molecule is CN/C(C)=C(\C(=O)N(CNc1ccccc1)Cc1c(F)cccc1C(F)(F)F)c1cccc(OC)c1F. The summed E-state index contributed by atoms with van der Waals surface area (Å²) in [4.78, 5) is 14.9. The van der Waals surface area contributed by atoms with Gasteiger partial charge in [0.1, 0.15) is 5.82 Å². The molecule has 0 fully saturated rings. The number of benzene rings is 3. The Balaban J connectivity index is 2.12. The van der Waals surface area contributed by atoms with Gasteiger partial charge in [-0.05, 0) is 37.3 Å². The maximum absolute atomic E-state index is 15.2. The lowest BCUT2D eigenvalue weighted by molar-refractivity contribution is -0.139. The number of carbonyl (C=O) groups is 1. The molecule has 2 N–H and O–H groups in total. The molecule has 5 nitrogen and oxygen atoms in total. The lowest BCUT2D eigenvalue weighted by Gasteiger charge is -2.27. The van der Waals surface area contributed by atoms with Crippen LogP contribution in [0.15, 0.2) is 72.4 Å². The average molecular weight is 520 g/mol. The molecule has 0 aliphatic rings. The van der Waals surface area contributed by atoms with Crippen LogP contribution in [0.2, 0.25) is 0 Å². The van der Waals surface area contributed by atoms with Crippen LogP contribution in [-0.2, 0) is 17.5 Å². The zero-order chi connectivity index (χ0) is 27.2. The predicted octanol–water partition coefficient (Wildman–Crippen LogP) is 6.04. The third kappa shape index (κ3) is 6.38. The zero-order valence-electron chi connectivity index (χ0n) is 20.4. The molecule has 0 bridgehead atoms. The van der Waals surface area contributed by atoms with Gasteiger partial charge in [-0.2, -0.15) is 13.2 Å². The van der Waals surface area contributed by atoms with Gasteiger partial charge in [0.15, 0.2) is 11.6 Å². The summed E-state index contributed by atoms with van der Waals surface area (Å²) in [5.41, 5.74) is -1.33. The Labute approximate surface area is 211 Å². The Morgan fingerprint density at radius 2 is 1.65 bits per heavy atom. The van der Waals surface area contributed by atoms with Gasteiger partial charge in [-0.25, -0.2) is 8.78 Å². The highest BCUT2D eigenvalue weighted by atomic mass is 19.4. The van der Waals surface area contributed by atoms with E-state index in [1.54, 1.807) is 30.3 Å². The van der Waals surface area contributed by atoms with Crippen LogP contribution >= 0.6 is 0 Å². The van der Waals surface area contributed by atoms with Gasteiger partial charge in [-0.3, -0.25) is 4.79 Å². The van der Waals surface area contributed by atoms with Gasteiger partial charge in [-0.1, -0.05) is 36.4 Å². The molecule has 3 aromatic rings. The number of allylic oxidation sites excluding steroid dienone is 1. The fourth-order valence-corrected chi connectivity index (χ4v) is 3.74. The first-order valence-electron chi connectivity index (χ1n) is 11.2. The molecule has 0 heterocycles. The number of amides is 1. The first kappa shape index (κ1) is 27.5. The Hall–Kier alpha value is -4.08. The summed E-state index contributed by atoms with van der Waals surface area (Å²) in [6.07, 6.45) is -4.85. The van der Waals surface area contributed by atoms with Crippen molar-refractivity contribution < 1.29 is 31.5 Å². The number of anilines is 1. The number of nitrogens with one attached hydrogen (secondary N) is 2. The summed E-state index contributed by atoms with van der Waals surface area (Å²) in [5.74, 6) is -2.87. The van der Waals surface area contributed by atoms with Crippen molar-refractivity contribution in [3.63, 3.8) is 0 Å². The van der Waals surface area contributed by atoms with Crippen molar-refractivity contribution in [2.45, 2.75) is 19.6 Å². The largest absolute Gasteiger partial charge is 0.494 e. The molecule has 0 saturated heterocycles. The van der Waals surface area contributed by atoms with E-state index in [0.717, 1.165) is 23.1 Å². The van der Waals surface area contributed by atoms with E-state index in [9.17, 15) is 22.4 Å². The van der Waals surface area contributed by atoms with Crippen LogP contribution in [-0.4, -0.2) is 31.6 Å². The molecule has 0 radical (unpaired) electrons. The minimum Gasteiger partial charge on any atom is -0.494 e. The highest BCUT2D eigenvalue weighted by Gasteiger charge is 2.36. The molecular weight excluding hydrogens is 493 g/mol. The van der Waals surface area contributed by atoms with Crippen molar-refractivity contribution in [3.05, 3.63) is 101 Å². The lowest BCUT2D eigenvalue weighted by atomic mass is 10.00. The van der Waals surface area contributed by atoms with Crippen LogP contribution in [0.25, 0.3) is 5.57 Å². The van der Waals surface area contributed by atoms with Crippen LogP contribution in [0.3, 0.4) is 0 Å². The van der Waals surface area contributed by atoms with Crippen LogP contribution in [0.1, 0.15) is 23.6 Å². The summed E-state index contributed by atoms with van der Waals surface area (Å²) in [7, 11) is 2.79. The topological polar surface area (TPSA) is 53.6 Å². The zero-order valence-corrected chi connectivity index (χ0v) is 20.4.